The van der Waals surface area contributed by atoms with Crippen molar-refractivity contribution in [1.29, 1.82) is 0 Å². The molecule has 0 aliphatic carbocycles. The van der Waals surface area contributed by atoms with Crippen LogP contribution in [-0.4, -0.2) is 32.6 Å². The quantitative estimate of drug-likeness (QED) is 0.327. The van der Waals surface area contributed by atoms with Gasteiger partial charge in [-0.2, -0.15) is 5.10 Å². The lowest BCUT2D eigenvalue weighted by Gasteiger charge is -1.98. The summed E-state index contributed by atoms with van der Waals surface area (Å²) in [7, 11) is 1.91. The standard InChI is InChI=1S/C17H16ClN5OS3/c1-23-8-2-3-14(23)9-19-20-15(24)11-26-17-22-21-16(27-17)25-10-12-4-6-13(18)7-5-12/h2-9H,10-11H2,1H3,(H,20,24)/b19-9+. The number of benzene rings is 1. The highest BCUT2D eigenvalue weighted by Crippen LogP contribution is 2.30. The first-order valence-corrected chi connectivity index (χ1v) is 11.0. The lowest BCUT2D eigenvalue weighted by molar-refractivity contribution is -0.118. The van der Waals surface area contributed by atoms with Gasteiger partial charge < -0.3 is 4.57 Å². The highest BCUT2D eigenvalue weighted by molar-refractivity contribution is 8.03. The van der Waals surface area contributed by atoms with E-state index in [-0.39, 0.29) is 11.7 Å². The van der Waals surface area contributed by atoms with E-state index in [0.717, 1.165) is 25.1 Å². The minimum atomic E-state index is -0.184. The fraction of sp³-hybridized carbons (Fsp3) is 0.176. The molecule has 2 heterocycles. The van der Waals surface area contributed by atoms with Gasteiger partial charge in [-0.05, 0) is 29.8 Å². The van der Waals surface area contributed by atoms with E-state index >= 15 is 0 Å². The monoisotopic (exact) mass is 437 g/mol. The molecule has 27 heavy (non-hydrogen) atoms. The first-order valence-electron chi connectivity index (χ1n) is 7.87. The average Bonchev–Trinajstić information content (AvgIpc) is 3.29. The number of aryl methyl sites for hydroxylation is 1. The van der Waals surface area contributed by atoms with Gasteiger partial charge >= 0.3 is 0 Å². The number of nitrogens with one attached hydrogen (secondary N) is 1. The van der Waals surface area contributed by atoms with E-state index in [1.165, 1.54) is 28.7 Å². The van der Waals surface area contributed by atoms with Gasteiger partial charge in [-0.25, -0.2) is 5.43 Å². The lowest BCUT2D eigenvalue weighted by Crippen LogP contribution is -2.19. The number of aromatic nitrogens is 3. The molecule has 1 aromatic carbocycles. The minimum Gasteiger partial charge on any atom is -0.350 e. The maximum absolute atomic E-state index is 11.9. The number of hydrogen-bond donors (Lipinski definition) is 1. The number of carbonyl (C=O) groups excluding carboxylic acids is 1. The third-order valence-electron chi connectivity index (χ3n) is 3.36. The van der Waals surface area contributed by atoms with Crippen LogP contribution in [0.1, 0.15) is 11.3 Å². The van der Waals surface area contributed by atoms with Gasteiger partial charge in [0.05, 0.1) is 17.7 Å². The number of rotatable bonds is 8. The Bertz CT molecular complexity index is 923. The molecule has 0 aliphatic rings. The molecule has 0 fully saturated rings. The third kappa shape index (κ3) is 6.39. The molecular weight excluding hydrogens is 422 g/mol. The van der Waals surface area contributed by atoms with Crippen LogP contribution in [0.3, 0.4) is 0 Å². The van der Waals surface area contributed by atoms with Crippen molar-refractivity contribution in [2.24, 2.45) is 12.1 Å². The Morgan fingerprint density at radius 1 is 1.26 bits per heavy atom. The molecular formula is C17H16ClN5OS3. The Morgan fingerprint density at radius 2 is 2.00 bits per heavy atom. The van der Waals surface area contributed by atoms with Gasteiger partial charge in [0.15, 0.2) is 8.68 Å². The number of hydrogen-bond acceptors (Lipinski definition) is 7. The van der Waals surface area contributed by atoms with Crippen LogP contribution in [-0.2, 0) is 17.6 Å². The Morgan fingerprint density at radius 3 is 2.70 bits per heavy atom. The number of nitrogens with zero attached hydrogens (tertiary/aromatic N) is 4. The number of halogens is 1. The van der Waals surface area contributed by atoms with Gasteiger partial charge in [0, 0.05) is 24.0 Å². The molecule has 0 saturated heterocycles. The maximum Gasteiger partial charge on any atom is 0.250 e. The highest BCUT2D eigenvalue weighted by atomic mass is 35.5. The van der Waals surface area contributed by atoms with Crippen molar-refractivity contribution in [3.05, 3.63) is 58.9 Å². The maximum atomic E-state index is 11.9. The summed E-state index contributed by atoms with van der Waals surface area (Å²) in [6.07, 6.45) is 3.52. The normalized spacial score (nSPS) is 11.2. The number of carbonyl (C=O) groups is 1. The van der Waals surface area contributed by atoms with Gasteiger partial charge in [-0.3, -0.25) is 4.79 Å². The Kier molecular flexibility index (Phi) is 7.33. The zero-order valence-corrected chi connectivity index (χ0v) is 17.5. The van der Waals surface area contributed by atoms with Gasteiger partial charge in [-0.1, -0.05) is 58.6 Å². The summed E-state index contributed by atoms with van der Waals surface area (Å²) < 4.78 is 3.54. The molecule has 6 nitrogen and oxygen atoms in total. The van der Waals surface area contributed by atoms with Crippen LogP contribution in [0.15, 0.2) is 56.4 Å². The van der Waals surface area contributed by atoms with Crippen LogP contribution in [0.25, 0.3) is 0 Å². The van der Waals surface area contributed by atoms with E-state index in [1.54, 1.807) is 18.0 Å². The molecule has 0 spiro atoms. The van der Waals surface area contributed by atoms with Crippen molar-refractivity contribution < 1.29 is 4.79 Å². The molecule has 2 aromatic heterocycles. The van der Waals surface area contributed by atoms with Crippen LogP contribution in [0.4, 0.5) is 0 Å². The Hall–Kier alpha value is -1.81. The van der Waals surface area contributed by atoms with Gasteiger partial charge in [0.25, 0.3) is 5.91 Å². The summed E-state index contributed by atoms with van der Waals surface area (Å²) in [6, 6.07) is 11.6. The van der Waals surface area contributed by atoms with Gasteiger partial charge in [-0.15, -0.1) is 10.2 Å². The topological polar surface area (TPSA) is 72.2 Å². The summed E-state index contributed by atoms with van der Waals surface area (Å²) in [6.45, 7) is 0. The average molecular weight is 438 g/mol. The van der Waals surface area contributed by atoms with Crippen molar-refractivity contribution in [2.75, 3.05) is 5.75 Å². The molecule has 0 saturated carbocycles. The fourth-order valence-corrected chi connectivity index (χ4v) is 4.87. The predicted molar refractivity (Wildman–Crippen MR) is 113 cm³/mol. The summed E-state index contributed by atoms with van der Waals surface area (Å²) in [5.41, 5.74) is 4.60. The number of amides is 1. The van der Waals surface area contributed by atoms with Crippen molar-refractivity contribution in [3.8, 4) is 0 Å². The predicted octanol–water partition coefficient (Wildman–Crippen LogP) is 4.06. The Labute approximate surface area is 174 Å². The van der Waals surface area contributed by atoms with Gasteiger partial charge in [0.1, 0.15) is 0 Å². The summed E-state index contributed by atoms with van der Waals surface area (Å²) in [4.78, 5) is 11.9. The molecule has 0 atom stereocenters. The van der Waals surface area contributed by atoms with E-state index in [4.69, 9.17) is 11.6 Å². The van der Waals surface area contributed by atoms with Crippen LogP contribution in [0.5, 0.6) is 0 Å². The lowest BCUT2D eigenvalue weighted by atomic mass is 10.2. The first kappa shape index (κ1) is 19.9. The van der Waals surface area contributed by atoms with E-state index < -0.39 is 0 Å². The fourth-order valence-electron chi connectivity index (χ4n) is 1.98. The molecule has 3 rings (SSSR count). The van der Waals surface area contributed by atoms with Crippen LogP contribution in [0, 0.1) is 0 Å². The molecule has 0 aliphatic heterocycles. The number of thioether (sulfide) groups is 2. The Balaban J connectivity index is 1.41. The van der Waals surface area contributed by atoms with Crippen molar-refractivity contribution in [2.45, 2.75) is 14.4 Å². The highest BCUT2D eigenvalue weighted by Gasteiger charge is 2.08. The summed E-state index contributed by atoms with van der Waals surface area (Å²) in [5, 5.41) is 13.0. The van der Waals surface area contributed by atoms with E-state index in [1.807, 2.05) is 54.2 Å². The molecule has 140 valence electrons. The van der Waals surface area contributed by atoms with Crippen LogP contribution in [0.2, 0.25) is 5.02 Å². The van der Waals surface area contributed by atoms with Crippen molar-refractivity contribution in [1.82, 2.24) is 20.2 Å². The zero-order valence-electron chi connectivity index (χ0n) is 14.3. The number of hydrazone groups is 1. The van der Waals surface area contributed by atoms with E-state index in [2.05, 4.69) is 20.7 Å². The SMILES string of the molecule is Cn1cccc1/C=N/NC(=O)CSc1nnc(SCc2ccc(Cl)cc2)s1. The molecule has 10 heteroatoms. The van der Waals surface area contributed by atoms with Crippen LogP contribution >= 0.6 is 46.5 Å². The van der Waals surface area contributed by atoms with Crippen LogP contribution < -0.4 is 5.43 Å². The molecule has 1 N–H and O–H groups in total. The molecule has 3 aromatic rings. The van der Waals surface area contributed by atoms with Crippen molar-refractivity contribution in [3.63, 3.8) is 0 Å². The van der Waals surface area contributed by atoms with Crippen molar-refractivity contribution >= 4 is 58.6 Å². The summed E-state index contributed by atoms with van der Waals surface area (Å²) in [5.74, 6) is 0.849. The second kappa shape index (κ2) is 9.93. The third-order valence-corrected chi connectivity index (χ3v) is 6.87. The largest absolute Gasteiger partial charge is 0.350 e. The smallest absolute Gasteiger partial charge is 0.250 e. The summed E-state index contributed by atoms with van der Waals surface area (Å²) >= 11 is 10.3. The molecule has 0 unspecified atom stereocenters. The van der Waals surface area contributed by atoms with E-state index in [0.29, 0.717) is 0 Å². The second-order valence-corrected chi connectivity index (χ2v) is 9.23. The minimum absolute atomic E-state index is 0.184. The van der Waals surface area contributed by atoms with E-state index in [9.17, 15) is 4.79 Å². The molecule has 0 bridgehead atoms. The zero-order chi connectivity index (χ0) is 19.1. The first-order chi connectivity index (χ1) is 13.1. The second-order valence-electron chi connectivity index (χ2n) is 5.37. The van der Waals surface area contributed by atoms with Gasteiger partial charge in [0.2, 0.25) is 0 Å². The molecule has 0 radical (unpaired) electrons. The molecule has 1 amide bonds.